The highest BCUT2D eigenvalue weighted by Crippen LogP contribution is 2.27. The molecule has 0 aliphatic heterocycles. The first-order valence-electron chi connectivity index (χ1n) is 2.99. The molecule has 1 heterocycles. The van der Waals surface area contributed by atoms with Crippen LogP contribution in [0.4, 0.5) is 0 Å². The van der Waals surface area contributed by atoms with Crippen molar-refractivity contribution in [3.63, 3.8) is 0 Å². The van der Waals surface area contributed by atoms with Gasteiger partial charge in [0, 0.05) is 6.07 Å². The fraction of sp³-hybridized carbons (Fsp3) is 0.143. The van der Waals surface area contributed by atoms with Crippen LogP contribution in [0.15, 0.2) is 10.5 Å². The molecule has 1 rings (SSSR count). The van der Waals surface area contributed by atoms with Crippen LogP contribution in [0.3, 0.4) is 0 Å². The largest absolute Gasteiger partial charge is 0.481 e. The summed E-state index contributed by atoms with van der Waals surface area (Å²) in [6, 6.07) is 3.42. The Hall–Kier alpha value is -0.790. The Balaban J connectivity index is 3.31. The molecule has 1 aromatic rings. The Bertz CT molecular complexity index is 348. The van der Waals surface area contributed by atoms with Gasteiger partial charge in [0.15, 0.2) is 5.69 Å². The van der Waals surface area contributed by atoms with Gasteiger partial charge >= 0.3 is 0 Å². The lowest BCUT2D eigenvalue weighted by Gasteiger charge is -2.01. The average Bonchev–Trinajstić information content (AvgIpc) is 2.09. The van der Waals surface area contributed by atoms with Gasteiger partial charge in [-0.2, -0.15) is 5.26 Å². The first-order chi connectivity index (χ1) is 5.69. The van der Waals surface area contributed by atoms with Crippen LogP contribution in [0.5, 0.6) is 5.88 Å². The Kier molecular flexibility index (Phi) is 2.90. The van der Waals surface area contributed by atoms with E-state index in [-0.39, 0.29) is 5.69 Å². The summed E-state index contributed by atoms with van der Waals surface area (Å²) in [4.78, 5) is 3.86. The minimum atomic E-state index is 0.222. The molecule has 62 valence electrons. The van der Waals surface area contributed by atoms with Crippen LogP contribution in [-0.4, -0.2) is 12.1 Å². The monoisotopic (exact) mass is 246 g/mol. The summed E-state index contributed by atoms with van der Waals surface area (Å²) in [5, 5.41) is 9.02. The molecular weight excluding hydrogens is 243 g/mol. The first-order valence-corrected chi connectivity index (χ1v) is 4.16. The zero-order valence-electron chi connectivity index (χ0n) is 6.14. The molecule has 0 radical (unpaired) electrons. The topological polar surface area (TPSA) is 45.9 Å². The van der Waals surface area contributed by atoms with Crippen molar-refractivity contribution in [1.82, 2.24) is 4.98 Å². The SMILES string of the molecule is COc1cc(Cl)c(Br)c(C#N)n1. The second-order valence-electron chi connectivity index (χ2n) is 1.92. The van der Waals surface area contributed by atoms with Gasteiger partial charge in [-0.3, -0.25) is 0 Å². The molecule has 5 heteroatoms. The Labute approximate surface area is 83.1 Å². The fourth-order valence-corrected chi connectivity index (χ4v) is 1.13. The van der Waals surface area contributed by atoms with Gasteiger partial charge in [0.25, 0.3) is 0 Å². The molecule has 0 aromatic carbocycles. The smallest absolute Gasteiger partial charge is 0.215 e. The van der Waals surface area contributed by atoms with Gasteiger partial charge in [-0.05, 0) is 15.9 Å². The van der Waals surface area contributed by atoms with Gasteiger partial charge in [-0.25, -0.2) is 4.98 Å². The van der Waals surface area contributed by atoms with Crippen molar-refractivity contribution in [3.05, 3.63) is 21.3 Å². The molecule has 0 saturated carbocycles. The predicted octanol–water partition coefficient (Wildman–Crippen LogP) is 2.38. The van der Waals surface area contributed by atoms with Crippen LogP contribution in [0.25, 0.3) is 0 Å². The normalized spacial score (nSPS) is 9.17. The summed E-state index contributed by atoms with van der Waals surface area (Å²) < 4.78 is 5.32. The minimum Gasteiger partial charge on any atom is -0.481 e. The number of hydrogen-bond donors (Lipinski definition) is 0. The Morgan fingerprint density at radius 1 is 1.75 bits per heavy atom. The maximum atomic E-state index is 8.61. The molecule has 0 N–H and O–H groups in total. The lowest BCUT2D eigenvalue weighted by atomic mass is 10.4. The number of ether oxygens (including phenoxy) is 1. The van der Waals surface area contributed by atoms with Crippen LogP contribution in [0, 0.1) is 11.3 Å². The van der Waals surface area contributed by atoms with Gasteiger partial charge in [0.2, 0.25) is 5.88 Å². The first kappa shape index (κ1) is 9.30. The van der Waals surface area contributed by atoms with Crippen molar-refractivity contribution in [1.29, 1.82) is 5.26 Å². The summed E-state index contributed by atoms with van der Waals surface area (Å²) in [7, 11) is 1.47. The Morgan fingerprint density at radius 3 is 2.92 bits per heavy atom. The number of nitriles is 1. The molecular formula is C7H4BrClN2O. The molecule has 0 amide bonds. The molecule has 0 bridgehead atoms. The molecule has 0 saturated heterocycles. The average molecular weight is 247 g/mol. The predicted molar refractivity (Wildman–Crippen MR) is 48.2 cm³/mol. The molecule has 0 atom stereocenters. The second kappa shape index (κ2) is 3.74. The molecule has 0 aliphatic carbocycles. The molecule has 1 aromatic heterocycles. The number of pyridine rings is 1. The van der Waals surface area contributed by atoms with Crippen LogP contribution in [0.2, 0.25) is 5.02 Å². The maximum Gasteiger partial charge on any atom is 0.215 e. The van der Waals surface area contributed by atoms with E-state index >= 15 is 0 Å². The molecule has 3 nitrogen and oxygen atoms in total. The molecule has 0 fully saturated rings. The van der Waals surface area contributed by atoms with Crippen molar-refractivity contribution in [2.45, 2.75) is 0 Å². The number of nitrogens with zero attached hydrogens (tertiary/aromatic N) is 2. The summed E-state index contributed by atoms with van der Waals surface area (Å²) in [6.45, 7) is 0. The summed E-state index contributed by atoms with van der Waals surface area (Å²) in [5.41, 5.74) is 0.222. The quantitative estimate of drug-likeness (QED) is 0.765. The third-order valence-electron chi connectivity index (χ3n) is 1.20. The highest BCUT2D eigenvalue weighted by Gasteiger charge is 2.07. The highest BCUT2D eigenvalue weighted by molar-refractivity contribution is 9.10. The van der Waals surface area contributed by atoms with E-state index in [1.807, 2.05) is 6.07 Å². The van der Waals surface area contributed by atoms with E-state index in [1.54, 1.807) is 0 Å². The summed E-state index contributed by atoms with van der Waals surface area (Å²) >= 11 is 8.89. The minimum absolute atomic E-state index is 0.222. The zero-order chi connectivity index (χ0) is 9.14. The number of aromatic nitrogens is 1. The molecule has 0 spiro atoms. The van der Waals surface area contributed by atoms with Gasteiger partial charge in [-0.15, -0.1) is 0 Å². The van der Waals surface area contributed by atoms with E-state index in [0.29, 0.717) is 15.4 Å². The standard InChI is InChI=1S/C7H4BrClN2O/c1-12-6-2-4(9)7(8)5(3-10)11-6/h2H,1H3. The van der Waals surface area contributed by atoms with E-state index in [0.717, 1.165) is 0 Å². The van der Waals surface area contributed by atoms with E-state index in [2.05, 4.69) is 20.9 Å². The molecule has 0 aliphatic rings. The van der Waals surface area contributed by atoms with Crippen molar-refractivity contribution < 1.29 is 4.74 Å². The van der Waals surface area contributed by atoms with Crippen molar-refractivity contribution >= 4 is 27.5 Å². The maximum absolute atomic E-state index is 8.61. The number of hydrogen-bond acceptors (Lipinski definition) is 3. The van der Waals surface area contributed by atoms with Gasteiger partial charge in [0.1, 0.15) is 6.07 Å². The molecule has 12 heavy (non-hydrogen) atoms. The van der Waals surface area contributed by atoms with Crippen molar-refractivity contribution in [2.75, 3.05) is 7.11 Å². The van der Waals surface area contributed by atoms with E-state index in [4.69, 9.17) is 21.6 Å². The van der Waals surface area contributed by atoms with Gasteiger partial charge in [0.05, 0.1) is 16.6 Å². The Morgan fingerprint density at radius 2 is 2.42 bits per heavy atom. The van der Waals surface area contributed by atoms with Crippen LogP contribution in [0.1, 0.15) is 5.69 Å². The molecule has 0 unspecified atom stereocenters. The van der Waals surface area contributed by atoms with Crippen molar-refractivity contribution in [2.24, 2.45) is 0 Å². The van der Waals surface area contributed by atoms with Crippen LogP contribution < -0.4 is 4.74 Å². The fourth-order valence-electron chi connectivity index (χ4n) is 0.655. The third-order valence-corrected chi connectivity index (χ3v) is 2.53. The number of methoxy groups -OCH3 is 1. The highest BCUT2D eigenvalue weighted by atomic mass is 79.9. The zero-order valence-corrected chi connectivity index (χ0v) is 8.48. The van der Waals surface area contributed by atoms with Gasteiger partial charge in [-0.1, -0.05) is 11.6 Å². The summed E-state index contributed by atoms with van der Waals surface area (Å²) in [6.07, 6.45) is 0. The lowest BCUT2D eigenvalue weighted by Crippen LogP contribution is -1.91. The number of halogens is 2. The van der Waals surface area contributed by atoms with Crippen LogP contribution >= 0.6 is 27.5 Å². The van der Waals surface area contributed by atoms with E-state index < -0.39 is 0 Å². The lowest BCUT2D eigenvalue weighted by molar-refractivity contribution is 0.397. The van der Waals surface area contributed by atoms with Crippen LogP contribution in [-0.2, 0) is 0 Å². The third kappa shape index (κ3) is 1.68. The summed E-state index contributed by atoms with van der Waals surface area (Å²) in [5.74, 6) is 0.333. The van der Waals surface area contributed by atoms with E-state index in [9.17, 15) is 0 Å². The van der Waals surface area contributed by atoms with Crippen molar-refractivity contribution in [3.8, 4) is 11.9 Å². The second-order valence-corrected chi connectivity index (χ2v) is 3.12. The van der Waals surface area contributed by atoms with Gasteiger partial charge < -0.3 is 4.74 Å². The number of rotatable bonds is 1. The van der Waals surface area contributed by atoms with E-state index in [1.165, 1.54) is 13.2 Å².